The van der Waals surface area contributed by atoms with Gasteiger partial charge in [-0.2, -0.15) is 0 Å². The summed E-state index contributed by atoms with van der Waals surface area (Å²) in [7, 11) is 0. The van der Waals surface area contributed by atoms with Crippen molar-refractivity contribution in [3.05, 3.63) is 71.5 Å². The maximum atomic E-state index is 12.8. The Kier molecular flexibility index (Phi) is 4.07. The Labute approximate surface area is 111 Å². The zero-order valence-corrected chi connectivity index (χ0v) is 10.6. The van der Waals surface area contributed by atoms with Gasteiger partial charge in [-0.1, -0.05) is 49.4 Å². The first-order valence-electron chi connectivity index (χ1n) is 6.12. The van der Waals surface area contributed by atoms with Crippen LogP contribution in [0.5, 0.6) is 0 Å². The minimum atomic E-state index is -0.937. The average molecular weight is 258 g/mol. The minimum Gasteiger partial charge on any atom is -0.388 e. The first-order chi connectivity index (χ1) is 9.09. The van der Waals surface area contributed by atoms with Gasteiger partial charge in [-0.15, -0.1) is 0 Å². The summed E-state index contributed by atoms with van der Waals surface area (Å²) in [5.74, 6) is -1.07. The number of ketones is 1. The second kappa shape index (κ2) is 5.76. The van der Waals surface area contributed by atoms with Gasteiger partial charge in [0.25, 0.3) is 0 Å². The van der Waals surface area contributed by atoms with E-state index in [1.165, 1.54) is 24.3 Å². The van der Waals surface area contributed by atoms with Crippen molar-refractivity contribution >= 4 is 5.78 Å². The molecule has 0 amide bonds. The molecule has 3 heteroatoms. The summed E-state index contributed by atoms with van der Waals surface area (Å²) in [5.41, 5.74) is 1.11. The standard InChI is InChI=1S/C16H15FO2/c1-11(15(18)12-5-3-2-4-6-12)16(19)13-7-9-14(17)10-8-13/h2-11,16,19H,1H3/t11-,16+/m0/s1. The van der Waals surface area contributed by atoms with E-state index >= 15 is 0 Å². The Hall–Kier alpha value is -2.00. The molecule has 2 rings (SSSR count). The molecule has 19 heavy (non-hydrogen) atoms. The van der Waals surface area contributed by atoms with Crippen LogP contribution in [0.4, 0.5) is 4.39 Å². The molecule has 0 heterocycles. The van der Waals surface area contributed by atoms with Crippen LogP contribution in [0.15, 0.2) is 54.6 Å². The monoisotopic (exact) mass is 258 g/mol. The quantitative estimate of drug-likeness (QED) is 0.854. The molecule has 0 radical (unpaired) electrons. The molecule has 2 nitrogen and oxygen atoms in total. The highest BCUT2D eigenvalue weighted by atomic mass is 19.1. The molecule has 0 saturated heterocycles. The van der Waals surface area contributed by atoms with Gasteiger partial charge >= 0.3 is 0 Å². The molecule has 0 aliphatic carbocycles. The second-order valence-electron chi connectivity index (χ2n) is 4.52. The summed E-state index contributed by atoms with van der Waals surface area (Å²) in [6, 6.07) is 14.4. The van der Waals surface area contributed by atoms with Crippen LogP contribution in [-0.4, -0.2) is 10.9 Å². The number of aliphatic hydroxyl groups is 1. The Morgan fingerprint density at radius 2 is 1.63 bits per heavy atom. The summed E-state index contributed by atoms with van der Waals surface area (Å²) < 4.78 is 12.8. The fourth-order valence-corrected chi connectivity index (χ4v) is 1.96. The predicted octanol–water partition coefficient (Wildman–Crippen LogP) is 3.38. The molecule has 0 aliphatic rings. The van der Waals surface area contributed by atoms with Gasteiger partial charge in [-0.05, 0) is 17.7 Å². The number of rotatable bonds is 4. The number of aliphatic hydroxyl groups excluding tert-OH is 1. The molecule has 0 fully saturated rings. The van der Waals surface area contributed by atoms with Gasteiger partial charge in [-0.25, -0.2) is 4.39 Å². The fraction of sp³-hybridized carbons (Fsp3) is 0.188. The molecule has 1 N–H and O–H groups in total. The van der Waals surface area contributed by atoms with E-state index in [4.69, 9.17) is 0 Å². The summed E-state index contributed by atoms with van der Waals surface area (Å²) >= 11 is 0. The minimum absolute atomic E-state index is 0.127. The molecular weight excluding hydrogens is 243 g/mol. The van der Waals surface area contributed by atoms with Crippen molar-refractivity contribution in [1.29, 1.82) is 0 Å². The van der Waals surface area contributed by atoms with Crippen molar-refractivity contribution in [2.45, 2.75) is 13.0 Å². The van der Waals surface area contributed by atoms with Crippen molar-refractivity contribution < 1.29 is 14.3 Å². The zero-order valence-electron chi connectivity index (χ0n) is 10.6. The van der Waals surface area contributed by atoms with E-state index in [1.54, 1.807) is 31.2 Å². The summed E-state index contributed by atoms with van der Waals surface area (Å²) in [5, 5.41) is 10.2. The van der Waals surface area contributed by atoms with Gasteiger partial charge in [0.05, 0.1) is 6.10 Å². The normalized spacial score (nSPS) is 13.8. The van der Waals surface area contributed by atoms with Gasteiger partial charge in [0, 0.05) is 11.5 Å². The molecule has 2 aromatic carbocycles. The molecule has 0 unspecified atom stereocenters. The van der Waals surface area contributed by atoms with Crippen molar-refractivity contribution in [2.24, 2.45) is 5.92 Å². The highest BCUT2D eigenvalue weighted by molar-refractivity contribution is 5.98. The smallest absolute Gasteiger partial charge is 0.168 e. The molecule has 0 saturated carbocycles. The van der Waals surface area contributed by atoms with Crippen LogP contribution in [0.2, 0.25) is 0 Å². The number of carbonyl (C=O) groups excluding carboxylic acids is 1. The van der Waals surface area contributed by atoms with E-state index in [0.717, 1.165) is 0 Å². The maximum absolute atomic E-state index is 12.8. The van der Waals surface area contributed by atoms with E-state index in [2.05, 4.69) is 0 Å². The Morgan fingerprint density at radius 3 is 2.21 bits per heavy atom. The van der Waals surface area contributed by atoms with Crippen molar-refractivity contribution in [1.82, 2.24) is 0 Å². The molecule has 2 aromatic rings. The van der Waals surface area contributed by atoms with Gasteiger partial charge in [0.2, 0.25) is 0 Å². The third-order valence-electron chi connectivity index (χ3n) is 3.16. The lowest BCUT2D eigenvalue weighted by atomic mass is 9.90. The van der Waals surface area contributed by atoms with Gasteiger partial charge in [-0.3, -0.25) is 4.79 Å². The Morgan fingerprint density at radius 1 is 1.05 bits per heavy atom. The maximum Gasteiger partial charge on any atom is 0.168 e. The third kappa shape index (κ3) is 3.06. The molecule has 98 valence electrons. The first-order valence-corrected chi connectivity index (χ1v) is 6.12. The van der Waals surface area contributed by atoms with Crippen LogP contribution in [0.3, 0.4) is 0 Å². The van der Waals surface area contributed by atoms with E-state index in [0.29, 0.717) is 11.1 Å². The SMILES string of the molecule is C[C@@H](C(=O)c1ccccc1)[C@@H](O)c1ccc(F)cc1. The lowest BCUT2D eigenvalue weighted by Gasteiger charge is -2.18. The zero-order chi connectivity index (χ0) is 13.8. The lowest BCUT2D eigenvalue weighted by molar-refractivity contribution is 0.0713. The molecular formula is C16H15FO2. The van der Waals surface area contributed by atoms with E-state index in [1.807, 2.05) is 6.07 Å². The first kappa shape index (κ1) is 13.4. The number of carbonyl (C=O) groups is 1. The number of hydrogen-bond acceptors (Lipinski definition) is 2. The largest absolute Gasteiger partial charge is 0.388 e. The van der Waals surface area contributed by atoms with Crippen LogP contribution in [0.25, 0.3) is 0 Å². The highest BCUT2D eigenvalue weighted by Gasteiger charge is 2.24. The van der Waals surface area contributed by atoms with E-state index in [9.17, 15) is 14.3 Å². The second-order valence-corrected chi connectivity index (χ2v) is 4.52. The van der Waals surface area contributed by atoms with Crippen LogP contribution >= 0.6 is 0 Å². The molecule has 0 aromatic heterocycles. The molecule has 0 bridgehead atoms. The number of Topliss-reactive ketones (excluding diaryl/α,β-unsaturated/α-hetero) is 1. The fourth-order valence-electron chi connectivity index (χ4n) is 1.96. The number of hydrogen-bond donors (Lipinski definition) is 1. The van der Waals surface area contributed by atoms with E-state index in [-0.39, 0.29) is 11.6 Å². The lowest BCUT2D eigenvalue weighted by Crippen LogP contribution is -2.19. The average Bonchev–Trinajstić information content (AvgIpc) is 2.46. The van der Waals surface area contributed by atoms with Crippen molar-refractivity contribution in [3.63, 3.8) is 0 Å². The van der Waals surface area contributed by atoms with Crippen LogP contribution in [0, 0.1) is 11.7 Å². The number of benzene rings is 2. The van der Waals surface area contributed by atoms with Crippen molar-refractivity contribution in [2.75, 3.05) is 0 Å². The van der Waals surface area contributed by atoms with Crippen LogP contribution in [-0.2, 0) is 0 Å². The van der Waals surface area contributed by atoms with Crippen molar-refractivity contribution in [3.8, 4) is 0 Å². The van der Waals surface area contributed by atoms with Gasteiger partial charge in [0.1, 0.15) is 5.82 Å². The van der Waals surface area contributed by atoms with Gasteiger partial charge < -0.3 is 5.11 Å². The molecule has 0 spiro atoms. The molecule has 2 atom stereocenters. The predicted molar refractivity (Wildman–Crippen MR) is 71.3 cm³/mol. The Balaban J connectivity index is 2.17. The third-order valence-corrected chi connectivity index (χ3v) is 3.16. The summed E-state index contributed by atoms with van der Waals surface area (Å²) in [4.78, 5) is 12.2. The van der Waals surface area contributed by atoms with Gasteiger partial charge in [0.15, 0.2) is 5.78 Å². The summed E-state index contributed by atoms with van der Waals surface area (Å²) in [6.45, 7) is 1.67. The van der Waals surface area contributed by atoms with Crippen LogP contribution < -0.4 is 0 Å². The van der Waals surface area contributed by atoms with Crippen LogP contribution in [0.1, 0.15) is 28.9 Å². The molecule has 0 aliphatic heterocycles. The topological polar surface area (TPSA) is 37.3 Å². The Bertz CT molecular complexity index is 549. The number of halogens is 1. The summed E-state index contributed by atoms with van der Waals surface area (Å²) in [6.07, 6.45) is -0.937. The van der Waals surface area contributed by atoms with E-state index < -0.39 is 12.0 Å². The highest BCUT2D eigenvalue weighted by Crippen LogP contribution is 2.25.